The summed E-state index contributed by atoms with van der Waals surface area (Å²) >= 11 is 0. The summed E-state index contributed by atoms with van der Waals surface area (Å²) in [7, 11) is 0. The quantitative estimate of drug-likeness (QED) is 0.661. The summed E-state index contributed by atoms with van der Waals surface area (Å²) in [6.45, 7) is 0. The van der Waals surface area contributed by atoms with Gasteiger partial charge < -0.3 is 0 Å². The topological polar surface area (TPSA) is 64.7 Å². The smallest absolute Gasteiger partial charge is 0.150 e. The third-order valence-electron chi connectivity index (χ3n) is 1.73. The summed E-state index contributed by atoms with van der Waals surface area (Å²) in [6.07, 6.45) is 0.286. The number of hydrogen-bond acceptors (Lipinski definition) is 3. The number of carbonyl (C=O) groups is 1. The van der Waals surface area contributed by atoms with Crippen LogP contribution in [0.15, 0.2) is 12.1 Å². The number of rotatable bonds is 2. The van der Waals surface area contributed by atoms with E-state index < -0.39 is 5.82 Å². The van der Waals surface area contributed by atoms with Crippen molar-refractivity contribution in [2.75, 3.05) is 0 Å². The second-order valence-corrected chi connectivity index (χ2v) is 2.59. The molecule has 1 aromatic carbocycles. The molecule has 3 nitrogen and oxygen atoms in total. The van der Waals surface area contributed by atoms with Crippen molar-refractivity contribution < 1.29 is 9.18 Å². The van der Waals surface area contributed by atoms with Crippen LogP contribution in [0.5, 0.6) is 0 Å². The zero-order chi connectivity index (χ0) is 10.6. The van der Waals surface area contributed by atoms with Crippen molar-refractivity contribution in [1.29, 1.82) is 10.5 Å². The Balaban J connectivity index is 3.37. The van der Waals surface area contributed by atoms with Crippen LogP contribution in [-0.4, -0.2) is 6.29 Å². The number of benzene rings is 1. The predicted molar refractivity (Wildman–Crippen MR) is 45.8 cm³/mol. The lowest BCUT2D eigenvalue weighted by molar-refractivity contribution is 0.112. The van der Waals surface area contributed by atoms with Crippen molar-refractivity contribution in [3.63, 3.8) is 0 Å². The molecule has 0 radical (unpaired) electrons. The number of carbonyl (C=O) groups excluding carboxylic acids is 1. The van der Waals surface area contributed by atoms with Crippen LogP contribution in [0.4, 0.5) is 4.39 Å². The Hall–Kier alpha value is -2.20. The first-order valence-electron chi connectivity index (χ1n) is 3.77. The van der Waals surface area contributed by atoms with Gasteiger partial charge in [0, 0.05) is 11.1 Å². The first-order chi connectivity index (χ1) is 6.72. The van der Waals surface area contributed by atoms with Gasteiger partial charge in [-0.25, -0.2) is 4.39 Å². The van der Waals surface area contributed by atoms with Crippen LogP contribution in [0.1, 0.15) is 21.5 Å². The Morgan fingerprint density at radius 3 is 2.64 bits per heavy atom. The highest BCUT2D eigenvalue weighted by Gasteiger charge is 2.09. The van der Waals surface area contributed by atoms with Gasteiger partial charge in [-0.1, -0.05) is 0 Å². The van der Waals surface area contributed by atoms with E-state index in [0.29, 0.717) is 6.29 Å². The lowest BCUT2D eigenvalue weighted by Crippen LogP contribution is -1.96. The van der Waals surface area contributed by atoms with Crippen molar-refractivity contribution in [3.8, 4) is 12.1 Å². The molecule has 0 fully saturated rings. The van der Waals surface area contributed by atoms with Crippen molar-refractivity contribution >= 4 is 6.29 Å². The molecule has 0 heterocycles. The number of nitrogens with zero attached hydrogens (tertiary/aromatic N) is 2. The molecule has 0 spiro atoms. The highest BCUT2D eigenvalue weighted by atomic mass is 19.1. The summed E-state index contributed by atoms with van der Waals surface area (Å²) in [5.41, 5.74) is 0.176. The largest absolute Gasteiger partial charge is 0.298 e. The van der Waals surface area contributed by atoms with E-state index in [-0.39, 0.29) is 23.1 Å². The number of hydrogen-bond donors (Lipinski definition) is 0. The van der Waals surface area contributed by atoms with Crippen LogP contribution in [0.25, 0.3) is 0 Å². The standard InChI is InChI=1S/C10H5FN2O/c11-10-4-7(6-14)3-8(5-13)9(10)1-2-12/h3-4,6H,1H2. The Morgan fingerprint density at radius 2 is 2.14 bits per heavy atom. The minimum Gasteiger partial charge on any atom is -0.298 e. The number of aldehydes is 1. The summed E-state index contributed by atoms with van der Waals surface area (Å²) in [4.78, 5) is 10.4. The molecule has 0 atom stereocenters. The van der Waals surface area contributed by atoms with Crippen molar-refractivity contribution in [2.45, 2.75) is 6.42 Å². The van der Waals surface area contributed by atoms with Crippen LogP contribution in [0.2, 0.25) is 0 Å². The summed E-state index contributed by atoms with van der Waals surface area (Å²) in [5.74, 6) is -0.687. The maximum atomic E-state index is 13.2. The second kappa shape index (κ2) is 4.15. The SMILES string of the molecule is N#CCc1c(F)cc(C=O)cc1C#N. The van der Waals surface area contributed by atoms with E-state index in [1.807, 2.05) is 0 Å². The predicted octanol–water partition coefficient (Wildman–Crippen LogP) is 1.58. The molecule has 0 amide bonds. The molecular weight excluding hydrogens is 183 g/mol. The van der Waals surface area contributed by atoms with E-state index in [0.717, 1.165) is 6.07 Å². The van der Waals surface area contributed by atoms with E-state index in [2.05, 4.69) is 0 Å². The molecule has 14 heavy (non-hydrogen) atoms. The van der Waals surface area contributed by atoms with Gasteiger partial charge in [0.05, 0.1) is 24.1 Å². The molecule has 0 aromatic heterocycles. The molecule has 0 aliphatic carbocycles. The van der Waals surface area contributed by atoms with Crippen molar-refractivity contribution in [1.82, 2.24) is 0 Å². The molecule has 1 rings (SSSR count). The van der Waals surface area contributed by atoms with Crippen molar-refractivity contribution in [2.24, 2.45) is 0 Å². The summed E-state index contributed by atoms with van der Waals surface area (Å²) < 4.78 is 13.2. The number of halogens is 1. The fourth-order valence-corrected chi connectivity index (χ4v) is 1.08. The van der Waals surface area contributed by atoms with E-state index in [4.69, 9.17) is 10.5 Å². The van der Waals surface area contributed by atoms with Crippen LogP contribution in [0, 0.1) is 28.5 Å². The van der Waals surface area contributed by atoms with Gasteiger partial charge in [-0.2, -0.15) is 10.5 Å². The third kappa shape index (κ3) is 1.75. The van der Waals surface area contributed by atoms with Crippen LogP contribution in [0.3, 0.4) is 0 Å². The molecule has 0 aliphatic heterocycles. The van der Waals surface area contributed by atoms with E-state index in [9.17, 15) is 9.18 Å². The maximum Gasteiger partial charge on any atom is 0.150 e. The molecule has 0 unspecified atom stereocenters. The summed E-state index contributed by atoms with van der Waals surface area (Å²) in [6, 6.07) is 5.78. The molecule has 0 bridgehead atoms. The fourth-order valence-electron chi connectivity index (χ4n) is 1.08. The Kier molecular flexibility index (Phi) is 2.93. The van der Waals surface area contributed by atoms with Crippen molar-refractivity contribution in [3.05, 3.63) is 34.6 Å². The van der Waals surface area contributed by atoms with E-state index in [1.165, 1.54) is 6.07 Å². The fraction of sp³-hybridized carbons (Fsp3) is 0.100. The highest BCUT2D eigenvalue weighted by molar-refractivity contribution is 5.76. The minimum absolute atomic E-state index is 0.0358. The van der Waals surface area contributed by atoms with E-state index >= 15 is 0 Å². The zero-order valence-corrected chi connectivity index (χ0v) is 7.12. The summed E-state index contributed by atoms with van der Waals surface area (Å²) in [5, 5.41) is 17.0. The molecule has 4 heteroatoms. The maximum absolute atomic E-state index is 13.2. The third-order valence-corrected chi connectivity index (χ3v) is 1.73. The minimum atomic E-state index is -0.687. The lowest BCUT2D eigenvalue weighted by Gasteiger charge is -2.01. The van der Waals surface area contributed by atoms with Crippen LogP contribution < -0.4 is 0 Å². The van der Waals surface area contributed by atoms with Crippen LogP contribution in [-0.2, 0) is 6.42 Å². The van der Waals surface area contributed by atoms with Gasteiger partial charge in [0.15, 0.2) is 0 Å². The van der Waals surface area contributed by atoms with Gasteiger partial charge >= 0.3 is 0 Å². The molecule has 68 valence electrons. The highest BCUT2D eigenvalue weighted by Crippen LogP contribution is 2.15. The molecule has 0 saturated heterocycles. The molecule has 1 aromatic rings. The van der Waals surface area contributed by atoms with Gasteiger partial charge in [0.2, 0.25) is 0 Å². The monoisotopic (exact) mass is 188 g/mol. The van der Waals surface area contributed by atoms with Gasteiger partial charge in [0.1, 0.15) is 12.1 Å². The lowest BCUT2D eigenvalue weighted by atomic mass is 10.0. The molecular formula is C10H5FN2O. The molecule has 0 saturated carbocycles. The molecule has 0 aliphatic rings. The molecule has 0 N–H and O–H groups in total. The average molecular weight is 188 g/mol. The first kappa shape index (κ1) is 9.88. The van der Waals surface area contributed by atoms with E-state index in [1.54, 1.807) is 12.1 Å². The normalized spacial score (nSPS) is 8.79. The Bertz CT molecular complexity index is 454. The van der Waals surface area contributed by atoms with Gasteiger partial charge in [-0.15, -0.1) is 0 Å². The van der Waals surface area contributed by atoms with Crippen LogP contribution >= 0.6 is 0 Å². The Labute approximate surface area is 80.0 Å². The number of nitriles is 2. The first-order valence-corrected chi connectivity index (χ1v) is 3.77. The average Bonchev–Trinajstić information content (AvgIpc) is 2.20. The van der Waals surface area contributed by atoms with Gasteiger partial charge in [-0.3, -0.25) is 4.79 Å². The van der Waals surface area contributed by atoms with Gasteiger partial charge in [0.25, 0.3) is 0 Å². The Morgan fingerprint density at radius 1 is 1.43 bits per heavy atom. The van der Waals surface area contributed by atoms with Gasteiger partial charge in [-0.05, 0) is 12.1 Å². The second-order valence-electron chi connectivity index (χ2n) is 2.59. The zero-order valence-electron chi connectivity index (χ0n) is 7.12.